The van der Waals surface area contributed by atoms with Crippen LogP contribution >= 0.6 is 11.3 Å². The van der Waals surface area contributed by atoms with E-state index in [2.05, 4.69) is 62.1 Å². The monoisotopic (exact) mass is 439 g/mol. The maximum atomic E-state index is 12.8. The lowest BCUT2D eigenvalue weighted by atomic mass is 9.82. The van der Waals surface area contributed by atoms with E-state index in [4.69, 9.17) is 4.74 Å². The van der Waals surface area contributed by atoms with Gasteiger partial charge in [-0.3, -0.25) is 0 Å². The lowest BCUT2D eigenvalue weighted by molar-refractivity contribution is 0.0607. The Hall–Kier alpha value is -2.07. The number of benzene rings is 1. The average Bonchev–Trinajstić information content (AvgIpc) is 3.24. The fourth-order valence-electron chi connectivity index (χ4n) is 4.48. The second-order valence-electron chi connectivity index (χ2n) is 8.81. The number of carbonyl (C=O) groups is 1. The first-order chi connectivity index (χ1) is 15.1. The van der Waals surface area contributed by atoms with Crippen LogP contribution in [0.3, 0.4) is 0 Å². The van der Waals surface area contributed by atoms with Crippen LogP contribution in [0.25, 0.3) is 5.57 Å². The zero-order valence-corrected chi connectivity index (χ0v) is 20.3. The van der Waals surface area contributed by atoms with Gasteiger partial charge in [0.15, 0.2) is 0 Å². The summed E-state index contributed by atoms with van der Waals surface area (Å²) in [5, 5.41) is 0. The molecule has 1 fully saturated rings. The van der Waals surface area contributed by atoms with Crippen LogP contribution in [0.1, 0.15) is 80.3 Å². The molecule has 3 rings (SSSR count). The van der Waals surface area contributed by atoms with Gasteiger partial charge in [-0.25, -0.2) is 4.79 Å². The maximum Gasteiger partial charge on any atom is 0.350 e. The molecule has 3 nitrogen and oxygen atoms in total. The van der Waals surface area contributed by atoms with Gasteiger partial charge in [0.25, 0.3) is 0 Å². The normalized spacial score (nSPS) is 19.3. The van der Waals surface area contributed by atoms with E-state index < -0.39 is 0 Å². The average molecular weight is 440 g/mol. The van der Waals surface area contributed by atoms with Crippen molar-refractivity contribution in [3.8, 4) is 0 Å². The van der Waals surface area contributed by atoms with Gasteiger partial charge in [0.05, 0.1) is 12.8 Å². The zero-order chi connectivity index (χ0) is 22.2. The first-order valence-electron chi connectivity index (χ1n) is 11.8. The van der Waals surface area contributed by atoms with Crippen LogP contribution in [0.2, 0.25) is 0 Å². The second-order valence-corrected chi connectivity index (χ2v) is 9.86. The molecule has 1 aliphatic carbocycles. The first-order valence-corrected chi connectivity index (χ1v) is 12.6. The van der Waals surface area contributed by atoms with Gasteiger partial charge in [0, 0.05) is 17.1 Å². The van der Waals surface area contributed by atoms with Crippen molar-refractivity contribution in [1.29, 1.82) is 0 Å². The molecule has 0 radical (unpaired) electrons. The van der Waals surface area contributed by atoms with Gasteiger partial charge in [-0.15, -0.1) is 11.3 Å². The smallest absolute Gasteiger partial charge is 0.350 e. The third kappa shape index (κ3) is 6.00. The largest absolute Gasteiger partial charge is 0.465 e. The second kappa shape index (κ2) is 11.5. The molecule has 1 aromatic heterocycles. The van der Waals surface area contributed by atoms with Crippen molar-refractivity contribution in [3.63, 3.8) is 0 Å². The summed E-state index contributed by atoms with van der Waals surface area (Å²) in [5.74, 6) is 1.23. The molecule has 0 N–H and O–H groups in total. The lowest BCUT2D eigenvalue weighted by Crippen LogP contribution is -2.28. The SMILES string of the molecule is C/C=C(\CCCC)c1cc(N(CC2CCC(C)CC2)c2ccccc2)c(C(=O)OC)s1. The Morgan fingerprint density at radius 1 is 1.19 bits per heavy atom. The molecule has 4 heteroatoms. The van der Waals surface area contributed by atoms with Gasteiger partial charge in [-0.2, -0.15) is 0 Å². The van der Waals surface area contributed by atoms with E-state index >= 15 is 0 Å². The summed E-state index contributed by atoms with van der Waals surface area (Å²) in [6.45, 7) is 7.62. The summed E-state index contributed by atoms with van der Waals surface area (Å²) >= 11 is 1.58. The van der Waals surface area contributed by atoms with Crippen molar-refractivity contribution >= 4 is 34.3 Å². The van der Waals surface area contributed by atoms with Gasteiger partial charge in [0.1, 0.15) is 4.88 Å². The van der Waals surface area contributed by atoms with Gasteiger partial charge in [0.2, 0.25) is 0 Å². The number of para-hydroxylation sites is 1. The predicted molar refractivity (Wildman–Crippen MR) is 133 cm³/mol. The number of anilines is 2. The van der Waals surface area contributed by atoms with Crippen molar-refractivity contribution in [1.82, 2.24) is 0 Å². The topological polar surface area (TPSA) is 29.5 Å². The molecule has 1 aliphatic rings. The highest BCUT2D eigenvalue weighted by Gasteiger charge is 2.27. The van der Waals surface area contributed by atoms with E-state index in [1.54, 1.807) is 11.3 Å². The van der Waals surface area contributed by atoms with Gasteiger partial charge in [-0.1, -0.05) is 57.4 Å². The number of hydrogen-bond donors (Lipinski definition) is 0. The number of ether oxygens (including phenoxy) is 1. The van der Waals surface area contributed by atoms with Crippen LogP contribution < -0.4 is 4.90 Å². The Bertz CT molecular complexity index is 863. The molecule has 1 saturated carbocycles. The summed E-state index contributed by atoms with van der Waals surface area (Å²) in [6.07, 6.45) is 10.7. The molecule has 0 bridgehead atoms. The minimum atomic E-state index is -0.240. The Morgan fingerprint density at radius 2 is 1.90 bits per heavy atom. The summed E-state index contributed by atoms with van der Waals surface area (Å²) < 4.78 is 5.20. The molecular weight excluding hydrogens is 402 g/mol. The molecule has 0 atom stereocenters. The Kier molecular flexibility index (Phi) is 8.77. The number of esters is 1. The van der Waals surface area contributed by atoms with Crippen LogP contribution in [0.15, 0.2) is 42.5 Å². The summed E-state index contributed by atoms with van der Waals surface area (Å²) in [6, 6.07) is 12.7. The highest BCUT2D eigenvalue weighted by atomic mass is 32.1. The van der Waals surface area contributed by atoms with E-state index in [0.29, 0.717) is 10.8 Å². The molecular formula is C27H37NO2S. The van der Waals surface area contributed by atoms with E-state index in [1.165, 1.54) is 43.2 Å². The molecule has 0 unspecified atom stereocenters. The highest BCUT2D eigenvalue weighted by Crippen LogP contribution is 2.41. The molecule has 31 heavy (non-hydrogen) atoms. The standard InChI is InChI=1S/C27H37NO2S/c1-5-7-11-22(6-2)25-18-24(26(31-25)27(29)30-4)28(23-12-9-8-10-13-23)19-21-16-14-20(3)15-17-21/h6,8-10,12-13,18,20-21H,5,7,11,14-17,19H2,1-4H3/b22-6+. The number of hydrogen-bond acceptors (Lipinski definition) is 4. The Morgan fingerprint density at radius 3 is 2.52 bits per heavy atom. The van der Waals surface area contributed by atoms with Crippen molar-refractivity contribution in [2.45, 2.75) is 65.7 Å². The quantitative estimate of drug-likeness (QED) is 0.370. The number of nitrogens with zero attached hydrogens (tertiary/aromatic N) is 1. The fourth-order valence-corrected chi connectivity index (χ4v) is 5.66. The summed E-state index contributed by atoms with van der Waals surface area (Å²) in [7, 11) is 1.48. The predicted octanol–water partition coefficient (Wildman–Crippen LogP) is 8.09. The molecule has 0 saturated heterocycles. The zero-order valence-electron chi connectivity index (χ0n) is 19.5. The number of thiophene rings is 1. The van der Waals surface area contributed by atoms with E-state index in [-0.39, 0.29) is 5.97 Å². The third-order valence-electron chi connectivity index (χ3n) is 6.48. The van der Waals surface area contributed by atoms with Crippen molar-refractivity contribution in [3.05, 3.63) is 52.2 Å². The minimum Gasteiger partial charge on any atom is -0.465 e. The van der Waals surface area contributed by atoms with Crippen molar-refractivity contribution in [2.24, 2.45) is 11.8 Å². The van der Waals surface area contributed by atoms with Crippen LogP contribution in [-0.4, -0.2) is 19.6 Å². The molecule has 2 aromatic rings. The van der Waals surface area contributed by atoms with Crippen LogP contribution in [0, 0.1) is 11.8 Å². The van der Waals surface area contributed by atoms with Gasteiger partial charge >= 0.3 is 5.97 Å². The minimum absolute atomic E-state index is 0.240. The molecule has 0 aliphatic heterocycles. The van der Waals surface area contributed by atoms with E-state index in [0.717, 1.165) is 43.1 Å². The van der Waals surface area contributed by atoms with Gasteiger partial charge in [-0.05, 0) is 68.2 Å². The number of carbonyl (C=O) groups excluding carboxylic acids is 1. The van der Waals surface area contributed by atoms with E-state index in [9.17, 15) is 4.79 Å². The number of rotatable bonds is 9. The number of allylic oxidation sites excluding steroid dienone is 2. The maximum absolute atomic E-state index is 12.8. The molecule has 1 heterocycles. The van der Waals surface area contributed by atoms with Crippen LogP contribution in [0.5, 0.6) is 0 Å². The number of methoxy groups -OCH3 is 1. The molecule has 0 amide bonds. The van der Waals surface area contributed by atoms with Crippen molar-refractivity contribution < 1.29 is 9.53 Å². The van der Waals surface area contributed by atoms with Crippen LogP contribution in [-0.2, 0) is 4.74 Å². The number of unbranched alkanes of at least 4 members (excludes halogenated alkanes) is 1. The Labute approximate surface area is 192 Å². The first kappa shape index (κ1) is 23.6. The molecule has 168 valence electrons. The highest BCUT2D eigenvalue weighted by molar-refractivity contribution is 7.15. The third-order valence-corrected chi connectivity index (χ3v) is 7.66. The summed E-state index contributed by atoms with van der Waals surface area (Å²) in [5.41, 5.74) is 3.46. The van der Waals surface area contributed by atoms with Crippen molar-refractivity contribution in [2.75, 3.05) is 18.6 Å². The Balaban J connectivity index is 2.01. The fraction of sp³-hybridized carbons (Fsp3) is 0.519. The van der Waals surface area contributed by atoms with Gasteiger partial charge < -0.3 is 9.64 Å². The summed E-state index contributed by atoms with van der Waals surface area (Å²) in [4.78, 5) is 17.0. The molecule has 0 spiro atoms. The van der Waals surface area contributed by atoms with E-state index in [1.807, 2.05) is 6.07 Å². The van der Waals surface area contributed by atoms with Crippen LogP contribution in [0.4, 0.5) is 11.4 Å². The molecule has 1 aromatic carbocycles. The lowest BCUT2D eigenvalue weighted by Gasteiger charge is -2.33.